The number of fused-ring (bicyclic) bond motifs is 1. The van der Waals surface area contributed by atoms with Crippen LogP contribution in [0.15, 0.2) is 0 Å². The van der Waals surface area contributed by atoms with E-state index in [9.17, 15) is 19.2 Å². The van der Waals surface area contributed by atoms with Crippen LogP contribution in [-0.2, 0) is 31.8 Å². The molecule has 1 aliphatic rings. The third-order valence-electron chi connectivity index (χ3n) is 5.11. The van der Waals surface area contributed by atoms with E-state index in [2.05, 4.69) is 10.3 Å². The molecule has 9 nitrogen and oxygen atoms in total. The summed E-state index contributed by atoms with van der Waals surface area (Å²) >= 11 is 1.35. The lowest BCUT2D eigenvalue weighted by atomic mass is 10.1. The summed E-state index contributed by atoms with van der Waals surface area (Å²) < 4.78 is 15.3. The minimum absolute atomic E-state index is 0.174. The van der Waals surface area contributed by atoms with Crippen LogP contribution in [0.1, 0.15) is 73.2 Å². The second-order valence-electron chi connectivity index (χ2n) is 7.25. The quantitative estimate of drug-likeness (QED) is 0.455. The van der Waals surface area contributed by atoms with Gasteiger partial charge in [-0.3, -0.25) is 4.79 Å². The van der Waals surface area contributed by atoms with Crippen molar-refractivity contribution in [3.63, 3.8) is 0 Å². The van der Waals surface area contributed by atoms with E-state index in [1.54, 1.807) is 27.7 Å². The summed E-state index contributed by atoms with van der Waals surface area (Å²) in [6.45, 7) is 6.54. The molecule has 2 N–H and O–H groups in total. The maximum absolute atomic E-state index is 12.6. The van der Waals surface area contributed by atoms with Gasteiger partial charge in [-0.2, -0.15) is 0 Å². The van der Waals surface area contributed by atoms with Crippen LogP contribution in [0.2, 0.25) is 0 Å². The first-order chi connectivity index (χ1) is 15.3. The van der Waals surface area contributed by atoms with Crippen LogP contribution in [0.4, 0.5) is 5.00 Å². The Morgan fingerprint density at radius 3 is 2.28 bits per heavy atom. The molecule has 0 spiro atoms. The number of aromatic nitrogens is 1. The Morgan fingerprint density at radius 2 is 1.59 bits per heavy atom. The molecule has 0 radical (unpaired) electrons. The molecule has 172 valence electrons. The molecule has 1 aliphatic carbocycles. The predicted octanol–water partition coefficient (Wildman–Crippen LogP) is 3.33. The monoisotopic (exact) mass is 462 g/mol. The minimum atomic E-state index is -0.735. The number of amides is 1. The predicted molar refractivity (Wildman–Crippen MR) is 117 cm³/mol. The second kappa shape index (κ2) is 9.99. The van der Waals surface area contributed by atoms with Crippen molar-refractivity contribution in [1.29, 1.82) is 0 Å². The number of rotatable bonds is 8. The number of thiophene rings is 1. The Hall–Kier alpha value is -3.14. The molecule has 32 heavy (non-hydrogen) atoms. The zero-order valence-electron chi connectivity index (χ0n) is 18.5. The molecule has 0 fully saturated rings. The molecule has 0 aliphatic heterocycles. The molecular formula is C22H26N2O7S. The summed E-state index contributed by atoms with van der Waals surface area (Å²) in [5.74, 6) is -2.34. The van der Waals surface area contributed by atoms with Gasteiger partial charge in [-0.15, -0.1) is 11.3 Å². The van der Waals surface area contributed by atoms with Crippen molar-refractivity contribution in [2.75, 3.05) is 25.1 Å². The average Bonchev–Trinajstić information content (AvgIpc) is 3.39. The first kappa shape index (κ1) is 23.5. The van der Waals surface area contributed by atoms with Crippen molar-refractivity contribution in [3.8, 4) is 0 Å². The molecule has 0 saturated heterocycles. The number of anilines is 1. The van der Waals surface area contributed by atoms with Crippen molar-refractivity contribution in [1.82, 2.24) is 4.98 Å². The van der Waals surface area contributed by atoms with Gasteiger partial charge in [0, 0.05) is 10.6 Å². The van der Waals surface area contributed by atoms with Crippen molar-refractivity contribution < 1.29 is 33.4 Å². The molecule has 0 aromatic carbocycles. The molecule has 10 heteroatoms. The van der Waals surface area contributed by atoms with E-state index >= 15 is 0 Å². The third kappa shape index (κ3) is 4.69. The Morgan fingerprint density at radius 1 is 0.938 bits per heavy atom. The molecule has 0 atom stereocenters. The molecule has 2 aromatic rings. The molecular weight excluding hydrogens is 436 g/mol. The number of ether oxygens (including phenoxy) is 3. The van der Waals surface area contributed by atoms with Crippen LogP contribution in [0, 0.1) is 13.8 Å². The van der Waals surface area contributed by atoms with Gasteiger partial charge in [-0.25, -0.2) is 14.4 Å². The van der Waals surface area contributed by atoms with Crippen molar-refractivity contribution >= 4 is 40.2 Å². The van der Waals surface area contributed by atoms with E-state index in [-0.39, 0.29) is 24.5 Å². The highest BCUT2D eigenvalue weighted by molar-refractivity contribution is 7.17. The highest BCUT2D eigenvalue weighted by Gasteiger charge is 2.29. The third-order valence-corrected chi connectivity index (χ3v) is 6.32. The van der Waals surface area contributed by atoms with E-state index in [4.69, 9.17) is 14.2 Å². The molecule has 1 amide bonds. The summed E-state index contributed by atoms with van der Waals surface area (Å²) in [5, 5.41) is 3.09. The van der Waals surface area contributed by atoms with Gasteiger partial charge in [0.2, 0.25) is 0 Å². The van der Waals surface area contributed by atoms with Crippen LogP contribution >= 0.6 is 11.3 Å². The second-order valence-corrected chi connectivity index (χ2v) is 8.36. The van der Waals surface area contributed by atoms with Crippen LogP contribution in [0.25, 0.3) is 0 Å². The SMILES string of the molecule is CCOC(=O)c1[nH]c(C)c(C(=O)OCC(=O)Nc2sc3c(c2C(=O)OCC)CCC3)c1C. The molecule has 2 aromatic heterocycles. The fraction of sp³-hybridized carbons (Fsp3) is 0.455. The fourth-order valence-electron chi connectivity index (χ4n) is 3.74. The fourth-order valence-corrected chi connectivity index (χ4v) is 5.03. The molecule has 2 heterocycles. The largest absolute Gasteiger partial charge is 0.462 e. The minimum Gasteiger partial charge on any atom is -0.462 e. The summed E-state index contributed by atoms with van der Waals surface area (Å²) in [7, 11) is 0. The lowest BCUT2D eigenvalue weighted by Crippen LogP contribution is -2.22. The Balaban J connectivity index is 1.68. The Labute approximate surface area is 189 Å². The van der Waals surface area contributed by atoms with Crippen LogP contribution in [0.5, 0.6) is 0 Å². The summed E-state index contributed by atoms with van der Waals surface area (Å²) in [5.41, 5.74) is 2.50. The normalized spacial score (nSPS) is 12.2. The van der Waals surface area contributed by atoms with Gasteiger partial charge in [-0.05, 0) is 58.1 Å². The number of H-pyrrole nitrogens is 1. The van der Waals surface area contributed by atoms with Gasteiger partial charge >= 0.3 is 17.9 Å². The van der Waals surface area contributed by atoms with Crippen molar-refractivity contribution in [2.24, 2.45) is 0 Å². The van der Waals surface area contributed by atoms with Crippen molar-refractivity contribution in [2.45, 2.75) is 47.0 Å². The maximum Gasteiger partial charge on any atom is 0.355 e. The van der Waals surface area contributed by atoms with Crippen LogP contribution < -0.4 is 5.32 Å². The summed E-state index contributed by atoms with van der Waals surface area (Å²) in [6.07, 6.45) is 2.58. The van der Waals surface area contributed by atoms with Gasteiger partial charge in [0.15, 0.2) is 6.61 Å². The summed E-state index contributed by atoms with van der Waals surface area (Å²) in [6, 6.07) is 0. The van der Waals surface area contributed by atoms with Gasteiger partial charge in [0.25, 0.3) is 5.91 Å². The average molecular weight is 463 g/mol. The number of aromatic amines is 1. The molecule has 3 rings (SSSR count). The zero-order chi connectivity index (χ0) is 23.4. The number of nitrogens with one attached hydrogen (secondary N) is 2. The smallest absolute Gasteiger partial charge is 0.355 e. The molecule has 0 bridgehead atoms. The molecule has 0 unspecified atom stereocenters. The van der Waals surface area contributed by atoms with E-state index in [1.807, 2.05) is 0 Å². The van der Waals surface area contributed by atoms with Crippen LogP contribution in [0.3, 0.4) is 0 Å². The highest BCUT2D eigenvalue weighted by atomic mass is 32.1. The Kier molecular flexibility index (Phi) is 7.34. The van der Waals surface area contributed by atoms with Gasteiger partial charge in [0.1, 0.15) is 10.7 Å². The van der Waals surface area contributed by atoms with Gasteiger partial charge in [-0.1, -0.05) is 0 Å². The maximum atomic E-state index is 12.6. The lowest BCUT2D eigenvalue weighted by molar-refractivity contribution is -0.119. The van der Waals surface area contributed by atoms with Crippen molar-refractivity contribution in [3.05, 3.63) is 38.5 Å². The van der Waals surface area contributed by atoms with E-state index in [1.165, 1.54) is 11.3 Å². The standard InChI is InChI=1S/C22H26N2O7S/c1-5-29-21(27)17-13-8-7-9-14(13)32-19(17)24-15(25)10-31-20(26)16-11(3)18(23-12(16)4)22(28)30-6-2/h23H,5-10H2,1-4H3,(H,24,25). The van der Waals surface area contributed by atoms with Crippen LogP contribution in [-0.4, -0.2) is 48.6 Å². The number of aryl methyl sites for hydroxylation is 2. The van der Waals surface area contributed by atoms with E-state index < -0.39 is 30.4 Å². The number of esters is 3. The van der Waals surface area contributed by atoms with Gasteiger partial charge in [0.05, 0.1) is 24.3 Å². The number of carbonyl (C=O) groups excluding carboxylic acids is 4. The van der Waals surface area contributed by atoms with Gasteiger partial charge < -0.3 is 24.5 Å². The van der Waals surface area contributed by atoms with E-state index in [0.29, 0.717) is 21.8 Å². The first-order valence-corrected chi connectivity index (χ1v) is 11.2. The summed E-state index contributed by atoms with van der Waals surface area (Å²) in [4.78, 5) is 53.3. The Bertz CT molecular complexity index is 1070. The topological polar surface area (TPSA) is 124 Å². The lowest BCUT2D eigenvalue weighted by Gasteiger charge is -2.09. The number of carbonyl (C=O) groups is 4. The first-order valence-electron chi connectivity index (χ1n) is 10.4. The number of hydrogen-bond acceptors (Lipinski definition) is 8. The number of hydrogen-bond donors (Lipinski definition) is 2. The molecule has 0 saturated carbocycles. The zero-order valence-corrected chi connectivity index (χ0v) is 19.3. The highest BCUT2D eigenvalue weighted by Crippen LogP contribution is 2.39. The van der Waals surface area contributed by atoms with E-state index in [0.717, 1.165) is 29.7 Å².